The zero-order chi connectivity index (χ0) is 14.5. The number of hydrogen-bond donors (Lipinski definition) is 3. The van der Waals surface area contributed by atoms with Crippen LogP contribution in [0.2, 0.25) is 0 Å². The van der Waals surface area contributed by atoms with Crippen molar-refractivity contribution in [2.75, 3.05) is 11.9 Å². The average molecular weight is 278 g/mol. The largest absolute Gasteiger partial charge is 0.482 e. The van der Waals surface area contributed by atoms with E-state index in [2.05, 4.69) is 17.6 Å². The Labute approximate surface area is 117 Å². The van der Waals surface area contributed by atoms with Crippen LogP contribution in [0, 0.1) is 5.92 Å². The van der Waals surface area contributed by atoms with Gasteiger partial charge in [0.25, 0.3) is 0 Å². The number of urea groups is 1. The van der Waals surface area contributed by atoms with Crippen molar-refractivity contribution in [1.29, 1.82) is 0 Å². The van der Waals surface area contributed by atoms with Crippen molar-refractivity contribution in [1.82, 2.24) is 5.32 Å². The zero-order valence-electron chi connectivity index (χ0n) is 11.3. The molecule has 3 N–H and O–H groups in total. The summed E-state index contributed by atoms with van der Waals surface area (Å²) in [4.78, 5) is 22.0. The molecular weight excluding hydrogens is 260 g/mol. The summed E-state index contributed by atoms with van der Waals surface area (Å²) in [6.45, 7) is 1.73. The van der Waals surface area contributed by atoms with Crippen LogP contribution in [0.15, 0.2) is 24.3 Å². The minimum Gasteiger partial charge on any atom is -0.482 e. The number of anilines is 1. The summed E-state index contributed by atoms with van der Waals surface area (Å²) in [7, 11) is 0. The van der Waals surface area contributed by atoms with Crippen LogP contribution in [0.5, 0.6) is 5.75 Å². The number of hydrogen-bond acceptors (Lipinski definition) is 3. The zero-order valence-corrected chi connectivity index (χ0v) is 11.3. The number of ether oxygens (including phenoxy) is 1. The van der Waals surface area contributed by atoms with Crippen molar-refractivity contribution in [3.05, 3.63) is 24.3 Å². The Morgan fingerprint density at radius 2 is 2.05 bits per heavy atom. The highest BCUT2D eigenvalue weighted by Gasteiger charge is 2.36. The maximum absolute atomic E-state index is 11.7. The highest BCUT2D eigenvalue weighted by atomic mass is 16.5. The number of carbonyl (C=O) groups excluding carboxylic acids is 1. The van der Waals surface area contributed by atoms with E-state index >= 15 is 0 Å². The standard InChI is InChI=1S/C14H18N2O4/c1-2-9-7-12(9)16-14(19)15-10-3-5-11(6-4-10)20-8-13(17)18/h3-6,9,12H,2,7-8H2,1H3,(H,17,18)(H2,15,16,19). The summed E-state index contributed by atoms with van der Waals surface area (Å²) in [5.41, 5.74) is 0.638. The molecule has 0 radical (unpaired) electrons. The SMILES string of the molecule is CCC1CC1NC(=O)Nc1ccc(OCC(=O)O)cc1. The summed E-state index contributed by atoms with van der Waals surface area (Å²) < 4.78 is 5.00. The number of carbonyl (C=O) groups is 2. The predicted molar refractivity (Wildman–Crippen MR) is 73.9 cm³/mol. The molecule has 0 bridgehead atoms. The van der Waals surface area contributed by atoms with E-state index in [1.54, 1.807) is 24.3 Å². The van der Waals surface area contributed by atoms with Crippen molar-refractivity contribution in [2.45, 2.75) is 25.8 Å². The summed E-state index contributed by atoms with van der Waals surface area (Å²) in [5.74, 6) is 0.0284. The second kappa shape index (κ2) is 6.27. The van der Waals surface area contributed by atoms with Gasteiger partial charge in [0.05, 0.1) is 0 Å². The van der Waals surface area contributed by atoms with Crippen molar-refractivity contribution < 1.29 is 19.4 Å². The second-order valence-electron chi connectivity index (χ2n) is 4.82. The topological polar surface area (TPSA) is 87.7 Å². The average Bonchev–Trinajstić information content (AvgIpc) is 3.16. The molecule has 0 heterocycles. The molecule has 20 heavy (non-hydrogen) atoms. The van der Waals surface area contributed by atoms with Crippen molar-refractivity contribution in [3.8, 4) is 5.75 Å². The van der Waals surface area contributed by atoms with Gasteiger partial charge in [-0.2, -0.15) is 0 Å². The van der Waals surface area contributed by atoms with Gasteiger partial charge >= 0.3 is 12.0 Å². The van der Waals surface area contributed by atoms with Crippen LogP contribution in [-0.4, -0.2) is 29.8 Å². The molecule has 2 atom stereocenters. The van der Waals surface area contributed by atoms with Gasteiger partial charge in [0, 0.05) is 11.7 Å². The van der Waals surface area contributed by atoms with Crippen LogP contribution in [-0.2, 0) is 4.79 Å². The molecule has 1 fully saturated rings. The van der Waals surface area contributed by atoms with Gasteiger partial charge in [0.1, 0.15) is 5.75 Å². The third-order valence-electron chi connectivity index (χ3n) is 3.24. The number of aliphatic carboxylic acids is 1. The molecule has 108 valence electrons. The molecule has 6 nitrogen and oxygen atoms in total. The van der Waals surface area contributed by atoms with E-state index in [1.165, 1.54) is 0 Å². The number of rotatable bonds is 6. The lowest BCUT2D eigenvalue weighted by Crippen LogP contribution is -2.31. The lowest BCUT2D eigenvalue weighted by Gasteiger charge is -2.08. The van der Waals surface area contributed by atoms with E-state index in [0.717, 1.165) is 12.8 Å². The van der Waals surface area contributed by atoms with E-state index in [0.29, 0.717) is 17.4 Å². The molecule has 2 amide bonds. The summed E-state index contributed by atoms with van der Waals surface area (Å²) in [5, 5.41) is 14.1. The first-order chi connectivity index (χ1) is 9.58. The van der Waals surface area contributed by atoms with Crippen LogP contribution in [0.4, 0.5) is 10.5 Å². The Kier molecular flexibility index (Phi) is 4.45. The van der Waals surface area contributed by atoms with Gasteiger partial charge in [0.15, 0.2) is 6.61 Å². The molecule has 2 rings (SSSR count). The fourth-order valence-corrected chi connectivity index (χ4v) is 1.99. The summed E-state index contributed by atoms with van der Waals surface area (Å²) in [6, 6.07) is 6.64. The molecule has 1 aliphatic carbocycles. The van der Waals surface area contributed by atoms with Gasteiger partial charge in [-0.05, 0) is 36.6 Å². The molecular formula is C14H18N2O4. The monoisotopic (exact) mass is 278 g/mol. The van der Waals surface area contributed by atoms with Crippen LogP contribution < -0.4 is 15.4 Å². The van der Waals surface area contributed by atoms with E-state index in [4.69, 9.17) is 9.84 Å². The molecule has 6 heteroatoms. The van der Waals surface area contributed by atoms with E-state index in [-0.39, 0.29) is 18.7 Å². The third kappa shape index (κ3) is 4.15. The van der Waals surface area contributed by atoms with E-state index < -0.39 is 5.97 Å². The lowest BCUT2D eigenvalue weighted by molar-refractivity contribution is -0.139. The molecule has 1 aromatic carbocycles. The molecule has 1 aromatic rings. The van der Waals surface area contributed by atoms with Gasteiger partial charge in [-0.25, -0.2) is 9.59 Å². The minimum atomic E-state index is -1.03. The fourth-order valence-electron chi connectivity index (χ4n) is 1.99. The van der Waals surface area contributed by atoms with Crippen LogP contribution >= 0.6 is 0 Å². The van der Waals surface area contributed by atoms with Gasteiger partial charge in [-0.1, -0.05) is 13.3 Å². The van der Waals surface area contributed by atoms with Crippen molar-refractivity contribution in [2.24, 2.45) is 5.92 Å². The van der Waals surface area contributed by atoms with Crippen LogP contribution in [0.25, 0.3) is 0 Å². The van der Waals surface area contributed by atoms with Crippen molar-refractivity contribution >= 4 is 17.7 Å². The minimum absolute atomic E-state index is 0.217. The lowest BCUT2D eigenvalue weighted by atomic mass is 10.3. The predicted octanol–water partition coefficient (Wildman–Crippen LogP) is 2.07. The van der Waals surface area contributed by atoms with Crippen LogP contribution in [0.1, 0.15) is 19.8 Å². The Morgan fingerprint density at radius 1 is 1.35 bits per heavy atom. The quantitative estimate of drug-likeness (QED) is 0.743. The third-order valence-corrected chi connectivity index (χ3v) is 3.24. The van der Waals surface area contributed by atoms with Crippen molar-refractivity contribution in [3.63, 3.8) is 0 Å². The maximum atomic E-state index is 11.7. The number of carboxylic acids is 1. The first kappa shape index (κ1) is 14.2. The smallest absolute Gasteiger partial charge is 0.341 e. The highest BCUT2D eigenvalue weighted by Crippen LogP contribution is 2.33. The molecule has 0 aromatic heterocycles. The fraction of sp³-hybridized carbons (Fsp3) is 0.429. The highest BCUT2D eigenvalue weighted by molar-refractivity contribution is 5.89. The maximum Gasteiger partial charge on any atom is 0.341 e. The van der Waals surface area contributed by atoms with Gasteiger partial charge < -0.3 is 20.5 Å². The Bertz CT molecular complexity index is 486. The van der Waals surface area contributed by atoms with E-state index in [9.17, 15) is 9.59 Å². The molecule has 1 aliphatic rings. The first-order valence-electron chi connectivity index (χ1n) is 6.60. The molecule has 0 aliphatic heterocycles. The molecule has 0 saturated heterocycles. The summed E-state index contributed by atoms with van der Waals surface area (Å²) >= 11 is 0. The first-order valence-corrected chi connectivity index (χ1v) is 6.60. The Balaban J connectivity index is 1.78. The number of nitrogens with one attached hydrogen (secondary N) is 2. The Hall–Kier alpha value is -2.24. The van der Waals surface area contributed by atoms with Gasteiger partial charge in [0.2, 0.25) is 0 Å². The number of amides is 2. The summed E-state index contributed by atoms with van der Waals surface area (Å²) in [6.07, 6.45) is 2.13. The second-order valence-corrected chi connectivity index (χ2v) is 4.82. The van der Waals surface area contributed by atoms with Crippen LogP contribution in [0.3, 0.4) is 0 Å². The van der Waals surface area contributed by atoms with Gasteiger partial charge in [-0.15, -0.1) is 0 Å². The normalized spacial score (nSPS) is 20.1. The van der Waals surface area contributed by atoms with E-state index in [1.807, 2.05) is 0 Å². The van der Waals surface area contributed by atoms with Gasteiger partial charge in [-0.3, -0.25) is 0 Å². The molecule has 0 spiro atoms. The number of benzene rings is 1. The molecule has 1 saturated carbocycles. The number of carboxylic acid groups (broad SMARTS) is 1. The molecule has 2 unspecified atom stereocenters. The Morgan fingerprint density at radius 3 is 2.60 bits per heavy atom.